The SMILES string of the molecule is NNC(=O)[C@H]1CCCN(S(=O)(=O)c2ccccc2)C1. The number of benzene rings is 1. The molecule has 19 heavy (non-hydrogen) atoms. The zero-order valence-corrected chi connectivity index (χ0v) is 11.3. The first kappa shape index (κ1) is 14.0. The third kappa shape index (κ3) is 2.94. The molecule has 1 heterocycles. The molecule has 1 amide bonds. The Labute approximate surface area is 112 Å². The molecule has 6 nitrogen and oxygen atoms in total. The number of sulfonamides is 1. The van der Waals surface area contributed by atoms with Crippen molar-refractivity contribution in [2.45, 2.75) is 17.7 Å². The summed E-state index contributed by atoms with van der Waals surface area (Å²) < 4.78 is 26.2. The molecule has 7 heteroatoms. The smallest absolute Gasteiger partial charge is 0.243 e. The number of nitrogens with zero attached hydrogens (tertiary/aromatic N) is 1. The average molecular weight is 283 g/mol. The van der Waals surface area contributed by atoms with E-state index in [9.17, 15) is 13.2 Å². The zero-order valence-electron chi connectivity index (χ0n) is 10.5. The van der Waals surface area contributed by atoms with Crippen LogP contribution in [0.4, 0.5) is 0 Å². The van der Waals surface area contributed by atoms with Gasteiger partial charge in [-0.2, -0.15) is 4.31 Å². The van der Waals surface area contributed by atoms with Crippen LogP contribution in [0.5, 0.6) is 0 Å². The number of carbonyl (C=O) groups excluding carboxylic acids is 1. The standard InChI is InChI=1S/C12H17N3O3S/c13-14-12(16)10-5-4-8-15(9-10)19(17,18)11-6-2-1-3-7-11/h1-3,6-7,10H,4-5,8-9,13H2,(H,14,16)/t10-/m0/s1. The van der Waals surface area contributed by atoms with Gasteiger partial charge in [0.05, 0.1) is 10.8 Å². The number of nitrogens with one attached hydrogen (secondary N) is 1. The van der Waals surface area contributed by atoms with Gasteiger partial charge in [0.1, 0.15) is 0 Å². The zero-order chi connectivity index (χ0) is 13.9. The van der Waals surface area contributed by atoms with Crippen LogP contribution in [-0.4, -0.2) is 31.7 Å². The van der Waals surface area contributed by atoms with Crippen LogP contribution >= 0.6 is 0 Å². The van der Waals surface area contributed by atoms with Gasteiger partial charge in [0, 0.05) is 13.1 Å². The van der Waals surface area contributed by atoms with Crippen molar-refractivity contribution in [3.8, 4) is 0 Å². The number of carbonyl (C=O) groups is 1. The van der Waals surface area contributed by atoms with E-state index in [-0.39, 0.29) is 23.3 Å². The molecule has 2 rings (SSSR count). The van der Waals surface area contributed by atoms with Crippen LogP contribution in [0.15, 0.2) is 35.2 Å². The van der Waals surface area contributed by atoms with Crippen LogP contribution in [0.25, 0.3) is 0 Å². The van der Waals surface area contributed by atoms with Gasteiger partial charge in [0.2, 0.25) is 15.9 Å². The van der Waals surface area contributed by atoms with Gasteiger partial charge < -0.3 is 0 Å². The Morgan fingerprint density at radius 1 is 1.32 bits per heavy atom. The van der Waals surface area contributed by atoms with Crippen molar-refractivity contribution in [1.29, 1.82) is 0 Å². The second-order valence-corrected chi connectivity index (χ2v) is 6.46. The lowest BCUT2D eigenvalue weighted by Gasteiger charge is -2.30. The van der Waals surface area contributed by atoms with Gasteiger partial charge in [0.15, 0.2) is 0 Å². The lowest BCUT2D eigenvalue weighted by atomic mass is 9.99. The Morgan fingerprint density at radius 3 is 2.63 bits per heavy atom. The van der Waals surface area contributed by atoms with Crippen molar-refractivity contribution in [3.63, 3.8) is 0 Å². The average Bonchev–Trinajstić information content (AvgIpc) is 2.47. The summed E-state index contributed by atoms with van der Waals surface area (Å²) >= 11 is 0. The van der Waals surface area contributed by atoms with Crippen LogP contribution in [-0.2, 0) is 14.8 Å². The molecule has 0 unspecified atom stereocenters. The van der Waals surface area contributed by atoms with E-state index >= 15 is 0 Å². The van der Waals surface area contributed by atoms with E-state index < -0.39 is 10.0 Å². The summed E-state index contributed by atoms with van der Waals surface area (Å²) in [5, 5.41) is 0. The summed E-state index contributed by atoms with van der Waals surface area (Å²) in [7, 11) is -3.52. The van der Waals surface area contributed by atoms with E-state index in [1.54, 1.807) is 30.3 Å². The second kappa shape index (κ2) is 5.68. The second-order valence-electron chi connectivity index (χ2n) is 4.52. The van der Waals surface area contributed by atoms with Crippen LogP contribution in [0.2, 0.25) is 0 Å². The highest BCUT2D eigenvalue weighted by Gasteiger charge is 2.32. The molecule has 1 aromatic rings. The Kier molecular flexibility index (Phi) is 4.18. The Bertz CT molecular complexity index is 545. The van der Waals surface area contributed by atoms with Crippen molar-refractivity contribution in [3.05, 3.63) is 30.3 Å². The third-order valence-electron chi connectivity index (χ3n) is 3.28. The molecule has 0 aliphatic carbocycles. The van der Waals surface area contributed by atoms with E-state index in [1.807, 2.05) is 0 Å². The normalized spacial score (nSPS) is 21.0. The van der Waals surface area contributed by atoms with Crippen molar-refractivity contribution in [1.82, 2.24) is 9.73 Å². The first-order chi connectivity index (χ1) is 9.05. The van der Waals surface area contributed by atoms with Gasteiger partial charge in [-0.25, -0.2) is 14.3 Å². The minimum absolute atomic E-state index is 0.181. The molecule has 0 radical (unpaired) electrons. The first-order valence-corrected chi connectivity index (χ1v) is 7.55. The summed E-state index contributed by atoms with van der Waals surface area (Å²) in [6, 6.07) is 8.24. The molecule has 1 fully saturated rings. The van der Waals surface area contributed by atoms with E-state index in [0.29, 0.717) is 19.4 Å². The fourth-order valence-corrected chi connectivity index (χ4v) is 3.78. The molecule has 0 bridgehead atoms. The molecule has 0 aromatic heterocycles. The monoisotopic (exact) mass is 283 g/mol. The number of piperidine rings is 1. The number of hydrogen-bond donors (Lipinski definition) is 2. The van der Waals surface area contributed by atoms with Crippen molar-refractivity contribution in [2.24, 2.45) is 11.8 Å². The fraction of sp³-hybridized carbons (Fsp3) is 0.417. The largest absolute Gasteiger partial charge is 0.294 e. The molecule has 0 spiro atoms. The molecular weight excluding hydrogens is 266 g/mol. The van der Waals surface area contributed by atoms with Crippen LogP contribution < -0.4 is 11.3 Å². The van der Waals surface area contributed by atoms with E-state index in [4.69, 9.17) is 5.84 Å². The highest BCUT2D eigenvalue weighted by molar-refractivity contribution is 7.89. The molecule has 3 N–H and O–H groups in total. The molecule has 1 aliphatic heterocycles. The van der Waals surface area contributed by atoms with Gasteiger partial charge in [0.25, 0.3) is 0 Å². The maximum Gasteiger partial charge on any atom is 0.243 e. The quantitative estimate of drug-likeness (QED) is 0.467. The first-order valence-electron chi connectivity index (χ1n) is 6.11. The Hall–Kier alpha value is -1.44. The van der Waals surface area contributed by atoms with Gasteiger partial charge in [-0.15, -0.1) is 0 Å². The number of hydrazine groups is 1. The maximum absolute atomic E-state index is 12.4. The van der Waals surface area contributed by atoms with Gasteiger partial charge in [-0.05, 0) is 25.0 Å². The maximum atomic E-state index is 12.4. The predicted molar refractivity (Wildman–Crippen MR) is 70.3 cm³/mol. The molecule has 1 saturated heterocycles. The summed E-state index contributed by atoms with van der Waals surface area (Å²) in [6.45, 7) is 0.617. The molecule has 104 valence electrons. The topological polar surface area (TPSA) is 92.5 Å². The molecule has 1 aromatic carbocycles. The minimum atomic E-state index is -3.52. The number of nitrogens with two attached hydrogens (primary N) is 1. The van der Waals surface area contributed by atoms with E-state index in [1.165, 1.54) is 4.31 Å². The van der Waals surface area contributed by atoms with Gasteiger partial charge in [-0.1, -0.05) is 18.2 Å². The highest BCUT2D eigenvalue weighted by atomic mass is 32.2. The minimum Gasteiger partial charge on any atom is -0.294 e. The lowest BCUT2D eigenvalue weighted by molar-refractivity contribution is -0.126. The number of hydrogen-bond acceptors (Lipinski definition) is 4. The molecule has 0 saturated carbocycles. The molecule has 1 atom stereocenters. The predicted octanol–water partition coefficient (Wildman–Crippen LogP) is 0.0772. The van der Waals surface area contributed by atoms with Gasteiger partial charge in [-0.3, -0.25) is 10.2 Å². The third-order valence-corrected chi connectivity index (χ3v) is 5.16. The van der Waals surface area contributed by atoms with Crippen LogP contribution in [0, 0.1) is 5.92 Å². The Balaban J connectivity index is 2.20. The summed E-state index contributed by atoms with van der Waals surface area (Å²) in [5.41, 5.74) is 2.09. The number of amides is 1. The van der Waals surface area contributed by atoms with Crippen molar-refractivity contribution < 1.29 is 13.2 Å². The van der Waals surface area contributed by atoms with Crippen molar-refractivity contribution in [2.75, 3.05) is 13.1 Å². The van der Waals surface area contributed by atoms with Crippen LogP contribution in [0.1, 0.15) is 12.8 Å². The van der Waals surface area contributed by atoms with Gasteiger partial charge >= 0.3 is 0 Å². The fourth-order valence-electron chi connectivity index (χ4n) is 2.23. The molecular formula is C12H17N3O3S. The van der Waals surface area contributed by atoms with E-state index in [2.05, 4.69) is 5.43 Å². The van der Waals surface area contributed by atoms with E-state index in [0.717, 1.165) is 0 Å². The lowest BCUT2D eigenvalue weighted by Crippen LogP contribution is -2.46. The highest BCUT2D eigenvalue weighted by Crippen LogP contribution is 2.23. The number of rotatable bonds is 3. The summed E-state index contributed by atoms with van der Waals surface area (Å²) in [4.78, 5) is 11.8. The summed E-state index contributed by atoms with van der Waals surface area (Å²) in [6.07, 6.45) is 1.31. The summed E-state index contributed by atoms with van der Waals surface area (Å²) in [5.74, 6) is 4.41. The van der Waals surface area contributed by atoms with Crippen LogP contribution in [0.3, 0.4) is 0 Å². The Morgan fingerprint density at radius 2 is 2.00 bits per heavy atom. The molecule has 1 aliphatic rings. The van der Waals surface area contributed by atoms with Crippen molar-refractivity contribution >= 4 is 15.9 Å².